The highest BCUT2D eigenvalue weighted by Gasteiger charge is 2.30. The second-order valence-electron chi connectivity index (χ2n) is 8.24. The number of hydrogen-bond acceptors (Lipinski definition) is 6. The third kappa shape index (κ3) is 4.45. The first-order chi connectivity index (χ1) is 14.6. The number of carbonyl (C=O) groups excluding carboxylic acids is 2. The second-order valence-corrected chi connectivity index (χ2v) is 8.24. The van der Waals surface area contributed by atoms with E-state index >= 15 is 0 Å². The van der Waals surface area contributed by atoms with Crippen molar-refractivity contribution >= 4 is 23.5 Å². The van der Waals surface area contributed by atoms with Crippen molar-refractivity contribution in [3.05, 3.63) is 33.3 Å². The number of nitrogens with zero attached hydrogens (tertiary/aromatic N) is 5. The molecule has 1 aliphatic carbocycles. The van der Waals surface area contributed by atoms with E-state index in [0.29, 0.717) is 17.7 Å². The number of aromatic hydroxyl groups is 1. The molecular formula is C21H26N6O4. The van der Waals surface area contributed by atoms with Crippen LogP contribution in [-0.4, -0.2) is 55.6 Å². The maximum atomic E-state index is 13.2. The zero-order chi connectivity index (χ0) is 22.9. The highest BCUT2D eigenvalue weighted by Crippen LogP contribution is 2.24. The molecule has 0 aromatic carbocycles. The minimum absolute atomic E-state index is 0.0238. The number of rotatable bonds is 7. The van der Waals surface area contributed by atoms with Crippen LogP contribution >= 0.6 is 0 Å². The predicted molar refractivity (Wildman–Crippen MR) is 113 cm³/mol. The van der Waals surface area contributed by atoms with Crippen LogP contribution < -0.4 is 10.9 Å². The van der Waals surface area contributed by atoms with Crippen molar-refractivity contribution in [1.82, 2.24) is 24.4 Å². The Labute approximate surface area is 179 Å². The van der Waals surface area contributed by atoms with Crippen molar-refractivity contribution in [2.75, 3.05) is 13.6 Å². The first-order valence-corrected chi connectivity index (χ1v) is 10.1. The molecule has 2 heterocycles. The van der Waals surface area contributed by atoms with Crippen LogP contribution in [0.4, 0.5) is 0 Å². The molecular weight excluding hydrogens is 400 g/mol. The van der Waals surface area contributed by atoms with Gasteiger partial charge in [-0.25, -0.2) is 0 Å². The summed E-state index contributed by atoms with van der Waals surface area (Å²) < 4.78 is 2.55. The largest absolute Gasteiger partial charge is 0.492 e. The number of likely N-dealkylation sites (N-methyl/N-ethyl adjacent to an activating group) is 1. The first kappa shape index (κ1) is 22.1. The highest BCUT2D eigenvalue weighted by atomic mass is 16.3. The van der Waals surface area contributed by atoms with Crippen LogP contribution in [0, 0.1) is 17.2 Å². The normalized spacial score (nSPS) is 14.0. The van der Waals surface area contributed by atoms with Crippen LogP contribution in [0.3, 0.4) is 0 Å². The van der Waals surface area contributed by atoms with E-state index in [2.05, 4.69) is 10.4 Å². The second kappa shape index (κ2) is 8.63. The van der Waals surface area contributed by atoms with Gasteiger partial charge in [0.25, 0.3) is 11.5 Å². The molecule has 1 saturated carbocycles. The Hall–Kier alpha value is -3.61. The van der Waals surface area contributed by atoms with Gasteiger partial charge in [-0.1, -0.05) is 13.8 Å². The molecule has 2 N–H and O–H groups in total. The van der Waals surface area contributed by atoms with Gasteiger partial charge in [0.15, 0.2) is 5.56 Å². The van der Waals surface area contributed by atoms with Gasteiger partial charge >= 0.3 is 0 Å². The fourth-order valence-corrected chi connectivity index (χ4v) is 3.31. The topological polar surface area (TPSA) is 133 Å². The lowest BCUT2D eigenvalue weighted by Gasteiger charge is -2.16. The first-order valence-electron chi connectivity index (χ1n) is 10.1. The third-order valence-corrected chi connectivity index (χ3v) is 4.96. The summed E-state index contributed by atoms with van der Waals surface area (Å²) in [5.74, 6) is -1.44. The Kier molecular flexibility index (Phi) is 6.15. The zero-order valence-corrected chi connectivity index (χ0v) is 18.0. The average Bonchev–Trinajstić information content (AvgIpc) is 3.41. The van der Waals surface area contributed by atoms with Gasteiger partial charge in [0.1, 0.15) is 12.2 Å². The number of carbonyl (C=O) groups is 2. The summed E-state index contributed by atoms with van der Waals surface area (Å²) >= 11 is 0. The molecule has 2 aromatic heterocycles. The van der Waals surface area contributed by atoms with Crippen LogP contribution in [0.25, 0.3) is 11.7 Å². The smallest absolute Gasteiger partial charge is 0.270 e. The Morgan fingerprint density at radius 2 is 2.13 bits per heavy atom. The summed E-state index contributed by atoms with van der Waals surface area (Å²) in [6.45, 7) is 5.69. The molecule has 3 rings (SSSR count). The van der Waals surface area contributed by atoms with E-state index in [1.54, 1.807) is 13.0 Å². The molecule has 2 aromatic rings. The van der Waals surface area contributed by atoms with E-state index in [0.717, 1.165) is 17.4 Å². The van der Waals surface area contributed by atoms with Gasteiger partial charge in [-0.2, -0.15) is 14.9 Å². The number of fused-ring (bicyclic) bond motifs is 1. The number of aromatic nitrogens is 3. The Balaban J connectivity index is 2.16. The van der Waals surface area contributed by atoms with Gasteiger partial charge in [0.2, 0.25) is 11.8 Å². The molecule has 0 atom stereocenters. The summed E-state index contributed by atoms with van der Waals surface area (Å²) in [6.07, 6.45) is 4.67. The molecule has 0 unspecified atom stereocenters. The third-order valence-electron chi connectivity index (χ3n) is 4.96. The average molecular weight is 426 g/mol. The lowest BCUT2D eigenvalue weighted by molar-refractivity contribution is -0.125. The fourth-order valence-electron chi connectivity index (χ4n) is 3.31. The summed E-state index contributed by atoms with van der Waals surface area (Å²) in [5, 5.41) is 26.4. The molecule has 31 heavy (non-hydrogen) atoms. The maximum absolute atomic E-state index is 13.2. The van der Waals surface area contributed by atoms with Gasteiger partial charge < -0.3 is 15.3 Å². The Morgan fingerprint density at radius 1 is 1.45 bits per heavy atom. The predicted octanol–water partition coefficient (Wildman–Crippen LogP) is 1.14. The van der Waals surface area contributed by atoms with Crippen LogP contribution in [0.5, 0.6) is 5.88 Å². The summed E-state index contributed by atoms with van der Waals surface area (Å²) in [7, 11) is 1.52. The van der Waals surface area contributed by atoms with Crippen LogP contribution in [0.1, 0.15) is 49.5 Å². The van der Waals surface area contributed by atoms with Crippen molar-refractivity contribution in [2.45, 2.75) is 46.2 Å². The van der Waals surface area contributed by atoms with Gasteiger partial charge in [0, 0.05) is 30.8 Å². The quantitative estimate of drug-likeness (QED) is 0.504. The van der Waals surface area contributed by atoms with E-state index in [1.165, 1.54) is 22.7 Å². The number of amides is 2. The zero-order valence-electron chi connectivity index (χ0n) is 18.0. The number of nitriles is 1. The fraction of sp³-hybridized carbons (Fsp3) is 0.476. The van der Waals surface area contributed by atoms with Crippen LogP contribution in [0.15, 0.2) is 16.6 Å². The molecule has 0 radical (unpaired) electrons. The van der Waals surface area contributed by atoms with Gasteiger partial charge in [-0.3, -0.25) is 19.0 Å². The van der Waals surface area contributed by atoms with Crippen molar-refractivity contribution in [2.24, 2.45) is 5.92 Å². The lowest BCUT2D eigenvalue weighted by atomic mass is 10.1. The molecule has 1 fully saturated rings. The molecule has 0 bridgehead atoms. The minimum Gasteiger partial charge on any atom is -0.492 e. The van der Waals surface area contributed by atoms with Gasteiger partial charge in [0.05, 0.1) is 12.3 Å². The summed E-state index contributed by atoms with van der Waals surface area (Å²) in [4.78, 5) is 39.6. The molecule has 10 heteroatoms. The summed E-state index contributed by atoms with van der Waals surface area (Å²) in [6, 6.07) is 1.94. The highest BCUT2D eigenvalue weighted by molar-refractivity contribution is 5.99. The van der Waals surface area contributed by atoms with E-state index in [1.807, 2.05) is 19.9 Å². The molecule has 0 spiro atoms. The van der Waals surface area contributed by atoms with E-state index in [9.17, 15) is 19.5 Å². The van der Waals surface area contributed by atoms with Crippen molar-refractivity contribution in [1.29, 1.82) is 5.26 Å². The van der Waals surface area contributed by atoms with E-state index < -0.39 is 17.3 Å². The maximum Gasteiger partial charge on any atom is 0.270 e. The van der Waals surface area contributed by atoms with E-state index in [4.69, 9.17) is 5.26 Å². The van der Waals surface area contributed by atoms with E-state index in [-0.39, 0.29) is 35.6 Å². The molecule has 0 aliphatic heterocycles. The molecule has 0 saturated heterocycles. The van der Waals surface area contributed by atoms with Gasteiger partial charge in [-0.05, 0) is 31.8 Å². The van der Waals surface area contributed by atoms with Crippen molar-refractivity contribution in [3.8, 4) is 11.9 Å². The number of hydrogen-bond donors (Lipinski definition) is 2. The summed E-state index contributed by atoms with van der Waals surface area (Å²) in [5.41, 5.74) is 0.108. The Morgan fingerprint density at radius 3 is 2.71 bits per heavy atom. The Bertz CT molecular complexity index is 1160. The standard InChI is InChI=1S/C21H26N6O4/c1-12(2)11-26-18-14(9-13(3)19(29)25(4)8-7-22)10-23-27(18)21(31)16(20(26)30)17(28)24-15-5-6-15/h9-10,12,15,31H,5-6,8,11H2,1-4H3,(H,24,28). The lowest BCUT2D eigenvalue weighted by Crippen LogP contribution is -2.36. The number of nitrogens with one attached hydrogen (secondary N) is 1. The van der Waals surface area contributed by atoms with Crippen molar-refractivity contribution in [3.63, 3.8) is 0 Å². The van der Waals surface area contributed by atoms with Crippen LogP contribution in [0.2, 0.25) is 0 Å². The minimum atomic E-state index is -0.624. The van der Waals surface area contributed by atoms with Gasteiger partial charge in [-0.15, -0.1) is 0 Å². The van der Waals surface area contributed by atoms with Crippen molar-refractivity contribution < 1.29 is 14.7 Å². The van der Waals surface area contributed by atoms with Crippen LogP contribution in [-0.2, 0) is 11.3 Å². The monoisotopic (exact) mass is 426 g/mol. The SMILES string of the molecule is CC(=Cc1cnn2c(O)c(C(=O)NC3CC3)c(=O)n(CC(C)C)c12)C(=O)N(C)CC#N. The molecule has 164 valence electrons. The molecule has 2 amide bonds. The molecule has 10 nitrogen and oxygen atoms in total. The molecule has 1 aliphatic rings.